The molecule has 0 spiro atoms. The Morgan fingerprint density at radius 2 is 1.71 bits per heavy atom. The molecule has 0 saturated heterocycles. The van der Waals surface area contributed by atoms with E-state index in [1.54, 1.807) is 4.57 Å². The zero-order chi connectivity index (χ0) is 21.6. The van der Waals surface area contributed by atoms with Crippen molar-refractivity contribution in [2.24, 2.45) is 0 Å². The third-order valence-corrected chi connectivity index (χ3v) is 6.33. The average Bonchev–Trinajstić information content (AvgIpc) is 2.79. The van der Waals surface area contributed by atoms with Crippen molar-refractivity contribution < 1.29 is 4.79 Å². The standard InChI is InChI=1S/C24H20IN3O2S/c25-18-11-12-21-20(15-18)23(30)28(19-9-5-2-6-10-19)24(27-21)31-16-22(29)26-14-13-17-7-3-1-4-8-17/h1-12,15H,13-14,16H2,(H,26,29). The van der Waals surface area contributed by atoms with Gasteiger partial charge in [0.05, 0.1) is 22.3 Å². The van der Waals surface area contributed by atoms with Gasteiger partial charge in [0.15, 0.2) is 5.16 Å². The van der Waals surface area contributed by atoms with Gasteiger partial charge in [-0.1, -0.05) is 60.3 Å². The maximum absolute atomic E-state index is 13.3. The Hall–Kier alpha value is -2.65. The van der Waals surface area contributed by atoms with E-state index in [4.69, 9.17) is 4.98 Å². The highest BCUT2D eigenvalue weighted by Crippen LogP contribution is 2.22. The number of para-hydroxylation sites is 1. The van der Waals surface area contributed by atoms with E-state index in [-0.39, 0.29) is 17.2 Å². The first-order valence-corrected chi connectivity index (χ1v) is 11.9. The molecule has 31 heavy (non-hydrogen) atoms. The summed E-state index contributed by atoms with van der Waals surface area (Å²) in [5.41, 5.74) is 2.40. The van der Waals surface area contributed by atoms with Gasteiger partial charge in [0, 0.05) is 10.1 Å². The average molecular weight is 541 g/mol. The Morgan fingerprint density at radius 1 is 1.00 bits per heavy atom. The van der Waals surface area contributed by atoms with E-state index in [0.717, 1.165) is 15.7 Å². The number of halogens is 1. The number of nitrogens with zero attached hydrogens (tertiary/aromatic N) is 2. The van der Waals surface area contributed by atoms with E-state index in [2.05, 4.69) is 27.9 Å². The van der Waals surface area contributed by atoms with Crippen LogP contribution in [0.15, 0.2) is 88.8 Å². The number of fused-ring (bicyclic) bond motifs is 1. The topological polar surface area (TPSA) is 64.0 Å². The number of amides is 1. The van der Waals surface area contributed by atoms with Gasteiger partial charge in [0.1, 0.15) is 0 Å². The molecule has 1 N–H and O–H groups in total. The van der Waals surface area contributed by atoms with E-state index >= 15 is 0 Å². The summed E-state index contributed by atoms with van der Waals surface area (Å²) in [5, 5.41) is 4.01. The second-order valence-electron chi connectivity index (χ2n) is 6.91. The fourth-order valence-corrected chi connectivity index (χ4v) is 4.54. The SMILES string of the molecule is O=C(CSc1nc2ccc(I)cc2c(=O)n1-c1ccccc1)NCCc1ccccc1. The van der Waals surface area contributed by atoms with Gasteiger partial charge in [0.25, 0.3) is 5.56 Å². The Balaban J connectivity index is 1.54. The molecule has 4 aromatic rings. The lowest BCUT2D eigenvalue weighted by Crippen LogP contribution is -2.28. The monoisotopic (exact) mass is 541 g/mol. The summed E-state index contributed by atoms with van der Waals surface area (Å²) in [6.07, 6.45) is 0.777. The molecule has 0 fully saturated rings. The quantitative estimate of drug-likeness (QED) is 0.214. The zero-order valence-electron chi connectivity index (χ0n) is 16.6. The Morgan fingerprint density at radius 3 is 2.45 bits per heavy atom. The molecule has 0 aliphatic heterocycles. The fourth-order valence-electron chi connectivity index (χ4n) is 3.21. The first-order chi connectivity index (χ1) is 15.1. The van der Waals surface area contributed by atoms with Gasteiger partial charge in [-0.15, -0.1) is 0 Å². The van der Waals surface area contributed by atoms with Crippen LogP contribution in [0.2, 0.25) is 0 Å². The van der Waals surface area contributed by atoms with Gasteiger partial charge in [0.2, 0.25) is 5.91 Å². The maximum Gasteiger partial charge on any atom is 0.266 e. The summed E-state index contributed by atoms with van der Waals surface area (Å²) in [4.78, 5) is 30.4. The minimum Gasteiger partial charge on any atom is -0.355 e. The maximum atomic E-state index is 13.3. The van der Waals surface area contributed by atoms with E-state index < -0.39 is 0 Å². The minimum atomic E-state index is -0.137. The van der Waals surface area contributed by atoms with Gasteiger partial charge < -0.3 is 5.32 Å². The fraction of sp³-hybridized carbons (Fsp3) is 0.125. The van der Waals surface area contributed by atoms with Crippen LogP contribution in [0, 0.1) is 3.57 Å². The molecule has 1 amide bonds. The second kappa shape index (κ2) is 10.1. The Kier molecular flexibility index (Phi) is 7.03. The van der Waals surface area contributed by atoms with Crippen LogP contribution >= 0.6 is 34.4 Å². The zero-order valence-corrected chi connectivity index (χ0v) is 19.6. The molecule has 0 saturated carbocycles. The van der Waals surface area contributed by atoms with E-state index in [0.29, 0.717) is 22.6 Å². The van der Waals surface area contributed by atoms with Gasteiger partial charge in [-0.2, -0.15) is 0 Å². The molecular weight excluding hydrogens is 521 g/mol. The summed E-state index contributed by atoms with van der Waals surface area (Å²) in [5.74, 6) is 0.0988. The molecule has 0 atom stereocenters. The van der Waals surface area contributed by atoms with Gasteiger partial charge in [-0.05, 0) is 64.9 Å². The van der Waals surface area contributed by atoms with Crippen LogP contribution in [0.3, 0.4) is 0 Å². The molecule has 0 aliphatic rings. The lowest BCUT2D eigenvalue weighted by Gasteiger charge is -2.13. The van der Waals surface area contributed by atoms with Crippen LogP contribution in [-0.2, 0) is 11.2 Å². The third-order valence-electron chi connectivity index (χ3n) is 4.72. The summed E-state index contributed by atoms with van der Waals surface area (Å²) < 4.78 is 2.56. The van der Waals surface area contributed by atoms with Crippen molar-refractivity contribution in [1.29, 1.82) is 0 Å². The lowest BCUT2D eigenvalue weighted by atomic mass is 10.1. The molecule has 7 heteroatoms. The van der Waals surface area contributed by atoms with Crippen molar-refractivity contribution in [1.82, 2.24) is 14.9 Å². The molecule has 156 valence electrons. The molecule has 1 aromatic heterocycles. The molecule has 0 aliphatic carbocycles. The molecule has 0 radical (unpaired) electrons. The van der Waals surface area contributed by atoms with Crippen LogP contribution in [0.25, 0.3) is 16.6 Å². The van der Waals surface area contributed by atoms with E-state index in [1.807, 2.05) is 78.9 Å². The highest BCUT2D eigenvalue weighted by atomic mass is 127. The molecule has 4 rings (SSSR count). The Labute approximate surface area is 198 Å². The van der Waals surface area contributed by atoms with Crippen molar-refractivity contribution in [2.45, 2.75) is 11.6 Å². The molecule has 5 nitrogen and oxygen atoms in total. The molecule has 0 bridgehead atoms. The van der Waals surface area contributed by atoms with Crippen LogP contribution in [0.4, 0.5) is 0 Å². The summed E-state index contributed by atoms with van der Waals surface area (Å²) in [6, 6.07) is 25.0. The number of rotatable bonds is 7. The number of hydrogen-bond acceptors (Lipinski definition) is 4. The lowest BCUT2D eigenvalue weighted by molar-refractivity contribution is -0.118. The number of carbonyl (C=O) groups excluding carboxylic acids is 1. The van der Waals surface area contributed by atoms with Crippen molar-refractivity contribution in [2.75, 3.05) is 12.3 Å². The number of benzene rings is 3. The van der Waals surface area contributed by atoms with Crippen molar-refractivity contribution in [3.05, 3.63) is 98.4 Å². The summed E-state index contributed by atoms with van der Waals surface area (Å²) in [6.45, 7) is 0.568. The largest absolute Gasteiger partial charge is 0.355 e. The van der Waals surface area contributed by atoms with E-state index in [9.17, 15) is 9.59 Å². The van der Waals surface area contributed by atoms with Gasteiger partial charge >= 0.3 is 0 Å². The number of hydrogen-bond donors (Lipinski definition) is 1. The predicted octanol–water partition coefficient (Wildman–Crippen LogP) is 4.44. The predicted molar refractivity (Wildman–Crippen MR) is 134 cm³/mol. The summed E-state index contributed by atoms with van der Waals surface area (Å²) in [7, 11) is 0. The van der Waals surface area contributed by atoms with Crippen LogP contribution in [-0.4, -0.2) is 27.8 Å². The minimum absolute atomic E-state index is 0.0856. The third kappa shape index (κ3) is 5.34. The molecule has 3 aromatic carbocycles. The number of nitrogens with one attached hydrogen (secondary N) is 1. The van der Waals surface area contributed by atoms with Gasteiger partial charge in [-0.25, -0.2) is 4.98 Å². The molecule has 1 heterocycles. The van der Waals surface area contributed by atoms with E-state index in [1.165, 1.54) is 17.3 Å². The number of aromatic nitrogens is 2. The summed E-state index contributed by atoms with van der Waals surface area (Å²) >= 11 is 3.46. The molecular formula is C24H20IN3O2S. The van der Waals surface area contributed by atoms with Crippen molar-refractivity contribution >= 4 is 51.2 Å². The van der Waals surface area contributed by atoms with Crippen LogP contribution in [0.5, 0.6) is 0 Å². The normalized spacial score (nSPS) is 10.9. The Bertz CT molecular complexity index is 1260. The smallest absolute Gasteiger partial charge is 0.266 e. The van der Waals surface area contributed by atoms with Crippen molar-refractivity contribution in [3.63, 3.8) is 0 Å². The first kappa shape index (κ1) is 21.6. The number of carbonyl (C=O) groups is 1. The molecule has 0 unspecified atom stereocenters. The van der Waals surface area contributed by atoms with Gasteiger partial charge in [-0.3, -0.25) is 14.2 Å². The highest BCUT2D eigenvalue weighted by Gasteiger charge is 2.15. The first-order valence-electron chi connectivity index (χ1n) is 9.83. The van der Waals surface area contributed by atoms with Crippen LogP contribution in [0.1, 0.15) is 5.56 Å². The van der Waals surface area contributed by atoms with Crippen LogP contribution < -0.4 is 10.9 Å². The van der Waals surface area contributed by atoms with Crippen molar-refractivity contribution in [3.8, 4) is 5.69 Å². The second-order valence-corrected chi connectivity index (χ2v) is 9.09. The number of thioether (sulfide) groups is 1. The highest BCUT2D eigenvalue weighted by molar-refractivity contribution is 14.1.